The van der Waals surface area contributed by atoms with Crippen LogP contribution in [0, 0.1) is 11.8 Å². The van der Waals surface area contributed by atoms with Gasteiger partial charge in [-0.05, 0) is 73.4 Å². The number of carbonyl (C=O) groups is 3. The van der Waals surface area contributed by atoms with Gasteiger partial charge in [0.15, 0.2) is 0 Å². The van der Waals surface area contributed by atoms with E-state index in [1.165, 1.54) is 38.2 Å². The first-order chi connectivity index (χ1) is 20.0. The summed E-state index contributed by atoms with van der Waals surface area (Å²) in [5.74, 6) is -0.0220. The summed E-state index contributed by atoms with van der Waals surface area (Å²) in [7, 11) is 0. The van der Waals surface area contributed by atoms with Crippen LogP contribution in [0.15, 0.2) is 46.9 Å². The summed E-state index contributed by atoms with van der Waals surface area (Å²) in [5, 5.41) is 14.0. The summed E-state index contributed by atoms with van der Waals surface area (Å²) in [5.41, 5.74) is 0.328. The van der Waals surface area contributed by atoms with E-state index in [1.807, 2.05) is 0 Å². The lowest BCUT2D eigenvalue weighted by Crippen LogP contribution is -2.44. The number of aliphatic carboxylic acids is 1. The normalized spacial score (nSPS) is 19.6. The fourth-order valence-electron chi connectivity index (χ4n) is 6.22. The quantitative estimate of drug-likeness (QED) is 0.257. The van der Waals surface area contributed by atoms with Gasteiger partial charge in [-0.15, -0.1) is 0 Å². The minimum absolute atomic E-state index is 0.0129. The molecule has 0 radical (unpaired) electrons. The van der Waals surface area contributed by atoms with Crippen LogP contribution in [0.5, 0.6) is 0 Å². The average molecular weight is 653 g/mol. The molecule has 2 aliphatic carbocycles. The summed E-state index contributed by atoms with van der Waals surface area (Å²) < 4.78 is 40.4. The second-order valence-corrected chi connectivity index (χ2v) is 12.3. The van der Waals surface area contributed by atoms with Gasteiger partial charge in [0.25, 0.3) is 5.91 Å². The van der Waals surface area contributed by atoms with Crippen molar-refractivity contribution in [2.45, 2.75) is 83.0 Å². The zero-order valence-electron chi connectivity index (χ0n) is 23.4. The van der Waals surface area contributed by atoms with Gasteiger partial charge >= 0.3 is 18.2 Å². The van der Waals surface area contributed by atoms with Crippen LogP contribution >= 0.6 is 15.9 Å². The lowest BCUT2D eigenvalue weighted by atomic mass is 9.72. The number of rotatable bonds is 9. The summed E-state index contributed by atoms with van der Waals surface area (Å²) in [4.78, 5) is 38.4. The Kier molecular flexibility index (Phi) is 10.9. The van der Waals surface area contributed by atoms with E-state index >= 15 is 0 Å². The van der Waals surface area contributed by atoms with Crippen LogP contribution in [0.25, 0.3) is 0 Å². The maximum absolute atomic E-state index is 13.6. The van der Waals surface area contributed by atoms with Crippen molar-refractivity contribution in [3.8, 4) is 0 Å². The second kappa shape index (κ2) is 14.4. The van der Waals surface area contributed by atoms with Gasteiger partial charge in [-0.1, -0.05) is 60.2 Å². The molecule has 11 heteroatoms. The monoisotopic (exact) mass is 651 g/mol. The molecule has 3 N–H and O–H groups in total. The lowest BCUT2D eigenvalue weighted by molar-refractivity contribution is -0.138. The van der Waals surface area contributed by atoms with E-state index < -0.39 is 29.6 Å². The molecule has 0 bridgehead atoms. The number of carbonyl (C=O) groups excluding carboxylic acids is 2. The lowest BCUT2D eigenvalue weighted by Gasteiger charge is -2.40. The maximum Gasteiger partial charge on any atom is 0.416 e. The minimum Gasteiger partial charge on any atom is -0.481 e. The molecule has 4 rings (SSSR count). The average Bonchev–Trinajstić information content (AvgIpc) is 2.96. The van der Waals surface area contributed by atoms with Gasteiger partial charge in [-0.3, -0.25) is 9.59 Å². The number of hydrogen-bond acceptors (Lipinski definition) is 3. The van der Waals surface area contributed by atoms with Gasteiger partial charge in [0.1, 0.15) is 0 Å². The van der Waals surface area contributed by atoms with Crippen molar-refractivity contribution >= 4 is 39.5 Å². The zero-order valence-corrected chi connectivity index (χ0v) is 25.0. The Bertz CT molecular complexity index is 1240. The molecule has 2 aromatic rings. The third kappa shape index (κ3) is 8.96. The van der Waals surface area contributed by atoms with Crippen LogP contribution in [0.2, 0.25) is 0 Å². The number of benzene rings is 2. The molecule has 2 fully saturated rings. The Morgan fingerprint density at radius 3 is 2.17 bits per heavy atom. The maximum atomic E-state index is 13.6. The van der Waals surface area contributed by atoms with Gasteiger partial charge in [-0.2, -0.15) is 13.2 Å². The standard InChI is InChI=1S/C31H37BrF3N3O4/c32-25-16-24(31(33,34)35)17-26(18-25)37-30(42)38(27-12-10-22(11-13-27)21-4-2-1-3-5-21)19-20-6-8-23(9-7-20)29(41)36-15-14-28(39)40/h6-9,16-18,21-22,27H,1-5,10-15,19H2,(H,36,41)(H,37,42)(H,39,40)/t22-,27-. The molecule has 0 unspecified atom stereocenters. The first-order valence-corrected chi connectivity index (χ1v) is 15.3. The molecule has 228 valence electrons. The molecule has 7 nitrogen and oxygen atoms in total. The number of anilines is 1. The summed E-state index contributed by atoms with van der Waals surface area (Å²) in [6.45, 7) is 0.241. The van der Waals surface area contributed by atoms with Crippen LogP contribution in [-0.2, 0) is 17.5 Å². The van der Waals surface area contributed by atoms with E-state index in [2.05, 4.69) is 26.6 Å². The SMILES string of the molecule is O=C(O)CCNC(=O)c1ccc(CN(C(=O)Nc2cc(Br)cc(C(F)(F)F)c2)[C@H]2CC[C@H](C3CCCCC3)CC2)cc1. The molecule has 0 atom stereocenters. The molecular formula is C31H37BrF3N3O4. The number of carboxylic acid groups (broad SMARTS) is 1. The number of alkyl halides is 3. The van der Waals surface area contributed by atoms with E-state index in [1.54, 1.807) is 29.2 Å². The van der Waals surface area contributed by atoms with Crippen molar-refractivity contribution in [1.82, 2.24) is 10.2 Å². The van der Waals surface area contributed by atoms with Gasteiger partial charge in [0.2, 0.25) is 0 Å². The highest BCUT2D eigenvalue weighted by Gasteiger charge is 2.34. The molecule has 2 saturated carbocycles. The number of hydrogen-bond donors (Lipinski definition) is 3. The van der Waals surface area contributed by atoms with Gasteiger partial charge < -0.3 is 20.6 Å². The van der Waals surface area contributed by atoms with Crippen LogP contribution < -0.4 is 10.6 Å². The minimum atomic E-state index is -4.55. The summed E-state index contributed by atoms with van der Waals surface area (Å²) >= 11 is 3.12. The molecule has 0 aliphatic heterocycles. The molecule has 3 amide bonds. The molecule has 2 aliphatic rings. The molecule has 0 heterocycles. The Morgan fingerprint density at radius 2 is 1.55 bits per heavy atom. The van der Waals surface area contributed by atoms with Crippen LogP contribution in [0.4, 0.5) is 23.7 Å². The van der Waals surface area contributed by atoms with Crippen molar-refractivity contribution < 1.29 is 32.7 Å². The van der Waals surface area contributed by atoms with E-state index in [-0.39, 0.29) is 35.7 Å². The fraction of sp³-hybridized carbons (Fsp3) is 0.516. The number of nitrogens with one attached hydrogen (secondary N) is 2. The number of urea groups is 1. The fourth-order valence-corrected chi connectivity index (χ4v) is 6.71. The van der Waals surface area contributed by atoms with Crippen LogP contribution in [0.3, 0.4) is 0 Å². The van der Waals surface area contributed by atoms with E-state index in [0.29, 0.717) is 11.5 Å². The predicted molar refractivity (Wildman–Crippen MR) is 157 cm³/mol. The smallest absolute Gasteiger partial charge is 0.416 e. The molecule has 2 aromatic carbocycles. The Morgan fingerprint density at radius 1 is 0.905 bits per heavy atom. The topological polar surface area (TPSA) is 98.7 Å². The molecule has 42 heavy (non-hydrogen) atoms. The van der Waals surface area contributed by atoms with Crippen molar-refractivity contribution in [2.75, 3.05) is 11.9 Å². The first-order valence-electron chi connectivity index (χ1n) is 14.5. The highest BCUT2D eigenvalue weighted by Crippen LogP contribution is 2.40. The highest BCUT2D eigenvalue weighted by atomic mass is 79.9. The van der Waals surface area contributed by atoms with Crippen LogP contribution in [-0.4, -0.2) is 40.5 Å². The second-order valence-electron chi connectivity index (χ2n) is 11.3. The number of amides is 3. The third-order valence-corrected chi connectivity index (χ3v) is 8.89. The predicted octanol–water partition coefficient (Wildman–Crippen LogP) is 7.85. The van der Waals surface area contributed by atoms with Crippen molar-refractivity contribution in [3.05, 3.63) is 63.6 Å². The summed E-state index contributed by atoms with van der Waals surface area (Å²) in [6, 6.07) is 9.51. The highest BCUT2D eigenvalue weighted by molar-refractivity contribution is 9.10. The van der Waals surface area contributed by atoms with Gasteiger partial charge in [-0.25, -0.2) is 4.79 Å². The Labute approximate surface area is 252 Å². The number of carboxylic acids is 1. The molecule has 0 saturated heterocycles. The Balaban J connectivity index is 1.48. The molecule has 0 aromatic heterocycles. The zero-order chi connectivity index (χ0) is 30.3. The Hall–Kier alpha value is -3.08. The molecule has 0 spiro atoms. The number of nitrogens with zero attached hydrogens (tertiary/aromatic N) is 1. The van der Waals surface area contributed by atoms with E-state index in [0.717, 1.165) is 49.3 Å². The summed E-state index contributed by atoms with van der Waals surface area (Å²) in [6.07, 6.45) is 5.33. The van der Waals surface area contributed by atoms with Gasteiger partial charge in [0.05, 0.1) is 12.0 Å². The third-order valence-electron chi connectivity index (χ3n) is 8.43. The van der Waals surface area contributed by atoms with Gasteiger partial charge in [0, 0.05) is 34.9 Å². The van der Waals surface area contributed by atoms with Crippen molar-refractivity contribution in [2.24, 2.45) is 11.8 Å². The van der Waals surface area contributed by atoms with Crippen molar-refractivity contribution in [3.63, 3.8) is 0 Å². The van der Waals surface area contributed by atoms with Crippen molar-refractivity contribution in [1.29, 1.82) is 0 Å². The first kappa shape index (κ1) is 31.8. The largest absolute Gasteiger partial charge is 0.481 e. The molecular weight excluding hydrogens is 615 g/mol. The van der Waals surface area contributed by atoms with E-state index in [4.69, 9.17) is 5.11 Å². The van der Waals surface area contributed by atoms with E-state index in [9.17, 15) is 27.6 Å². The van der Waals surface area contributed by atoms with Crippen LogP contribution in [0.1, 0.15) is 85.7 Å². The number of halogens is 4.